The van der Waals surface area contributed by atoms with Gasteiger partial charge in [0.25, 0.3) is 5.91 Å². The monoisotopic (exact) mass is 496 g/mol. The molecule has 1 aliphatic rings. The zero-order valence-corrected chi connectivity index (χ0v) is 21.4. The largest absolute Gasteiger partial charge is 0.493 e. The molecule has 2 amide bonds. The quantitative estimate of drug-likeness (QED) is 0.454. The minimum absolute atomic E-state index is 0.111. The van der Waals surface area contributed by atoms with Gasteiger partial charge in [-0.2, -0.15) is 0 Å². The fourth-order valence-corrected chi connectivity index (χ4v) is 4.34. The maximum atomic E-state index is 12.4. The number of anilines is 1. The number of benzene rings is 1. The summed E-state index contributed by atoms with van der Waals surface area (Å²) in [6.45, 7) is 10.3. The van der Waals surface area contributed by atoms with Crippen molar-refractivity contribution in [3.63, 3.8) is 0 Å². The molecule has 3 heterocycles. The number of rotatable bonds is 9. The van der Waals surface area contributed by atoms with Gasteiger partial charge in [-0.1, -0.05) is 19.1 Å². The van der Waals surface area contributed by atoms with Crippen molar-refractivity contribution < 1.29 is 19.1 Å². The number of aromatic nitrogens is 2. The van der Waals surface area contributed by atoms with Gasteiger partial charge in [-0.3, -0.25) is 9.59 Å². The molecule has 0 aliphatic carbocycles. The predicted octanol–water partition coefficient (Wildman–Crippen LogP) is 4.54. The minimum atomic E-state index is -0.334. The van der Waals surface area contributed by atoms with Crippen molar-refractivity contribution in [2.24, 2.45) is 5.41 Å². The lowest BCUT2D eigenvalue weighted by molar-refractivity contribution is -0.133. The molecule has 9 heteroatoms. The van der Waals surface area contributed by atoms with E-state index in [9.17, 15) is 9.59 Å². The van der Waals surface area contributed by atoms with Crippen molar-refractivity contribution in [2.45, 2.75) is 39.7 Å². The predicted molar refractivity (Wildman–Crippen MR) is 137 cm³/mol. The molecule has 0 bridgehead atoms. The molecule has 0 saturated carbocycles. The van der Waals surface area contributed by atoms with Crippen molar-refractivity contribution in [2.75, 3.05) is 31.7 Å². The van der Waals surface area contributed by atoms with Gasteiger partial charge in [0.05, 0.1) is 43.0 Å². The zero-order chi connectivity index (χ0) is 25.1. The van der Waals surface area contributed by atoms with Gasteiger partial charge >= 0.3 is 0 Å². The molecule has 35 heavy (non-hydrogen) atoms. The van der Waals surface area contributed by atoms with Gasteiger partial charge in [-0.25, -0.2) is 4.98 Å². The topological polar surface area (TPSA) is 94.5 Å². The zero-order valence-electron chi connectivity index (χ0n) is 20.6. The molecule has 186 valence electrons. The second kappa shape index (κ2) is 10.2. The number of carbonyl (C=O) groups is 2. The fourth-order valence-electron chi connectivity index (χ4n) is 3.60. The van der Waals surface area contributed by atoms with Crippen LogP contribution in [0.1, 0.15) is 44.5 Å². The highest BCUT2D eigenvalue weighted by atomic mass is 32.1. The number of ether oxygens (including phenoxy) is 2. The number of carbonyl (C=O) groups excluding carboxylic acids is 2. The number of thiazole rings is 1. The van der Waals surface area contributed by atoms with E-state index in [0.717, 1.165) is 36.6 Å². The summed E-state index contributed by atoms with van der Waals surface area (Å²) in [5.74, 6) is 0.154. The van der Waals surface area contributed by atoms with E-state index in [4.69, 9.17) is 9.47 Å². The molecular formula is C26H32N4O4S. The molecule has 4 rings (SSSR count). The minimum Gasteiger partial charge on any atom is -0.493 e. The summed E-state index contributed by atoms with van der Waals surface area (Å²) in [7, 11) is 0. The van der Waals surface area contributed by atoms with Crippen LogP contribution >= 0.6 is 11.3 Å². The van der Waals surface area contributed by atoms with E-state index in [1.165, 1.54) is 11.3 Å². The Morgan fingerprint density at radius 1 is 1.26 bits per heavy atom. The van der Waals surface area contributed by atoms with E-state index in [2.05, 4.69) is 43.3 Å². The van der Waals surface area contributed by atoms with Crippen LogP contribution in [-0.2, 0) is 15.1 Å². The van der Waals surface area contributed by atoms with E-state index >= 15 is 0 Å². The lowest BCUT2D eigenvalue weighted by Crippen LogP contribution is -2.46. The molecule has 3 aromatic rings. The standard InChI is InChI=1S/C26H32N4O4S/c1-5-26(15-33-16-26)17-34-20-8-6-7-18(11-20)21-14-35-24(28-21)29-22(31)12-27-23(32)19-9-10-30(13-19)25(2,3)4/h6-11,13-14H,5,12,15-17H2,1-4H3,(H,27,32)(H,28,29,31). The highest BCUT2D eigenvalue weighted by molar-refractivity contribution is 7.14. The van der Waals surface area contributed by atoms with Crippen LogP contribution in [0.5, 0.6) is 5.75 Å². The molecule has 8 nitrogen and oxygen atoms in total. The van der Waals surface area contributed by atoms with Crippen LogP contribution in [-0.4, -0.2) is 47.7 Å². The first-order valence-electron chi connectivity index (χ1n) is 11.7. The summed E-state index contributed by atoms with van der Waals surface area (Å²) in [5.41, 5.74) is 2.17. The summed E-state index contributed by atoms with van der Waals surface area (Å²) in [4.78, 5) is 29.3. The average molecular weight is 497 g/mol. The first kappa shape index (κ1) is 24.9. The summed E-state index contributed by atoms with van der Waals surface area (Å²) in [6.07, 6.45) is 4.65. The number of nitrogens with one attached hydrogen (secondary N) is 2. The third kappa shape index (κ3) is 6.10. The van der Waals surface area contributed by atoms with Crippen LogP contribution in [0.4, 0.5) is 5.13 Å². The van der Waals surface area contributed by atoms with E-state index in [1.807, 2.05) is 40.4 Å². The normalized spacial score (nSPS) is 14.7. The summed E-state index contributed by atoms with van der Waals surface area (Å²) >= 11 is 1.33. The SMILES string of the molecule is CCC1(COc2cccc(-c3csc(NC(=O)CNC(=O)c4ccn(C(C)(C)C)c4)n3)c2)COC1. The molecule has 0 radical (unpaired) electrons. The Balaban J connectivity index is 1.30. The molecule has 0 spiro atoms. The second-order valence-electron chi connectivity index (χ2n) is 9.91. The van der Waals surface area contributed by atoms with E-state index in [0.29, 0.717) is 17.3 Å². The van der Waals surface area contributed by atoms with Crippen molar-refractivity contribution in [3.8, 4) is 17.0 Å². The molecule has 1 aliphatic heterocycles. The number of amides is 2. The summed E-state index contributed by atoms with van der Waals surface area (Å²) in [5, 5.41) is 7.77. The average Bonchev–Trinajstić information content (AvgIpc) is 3.47. The van der Waals surface area contributed by atoms with Gasteiger partial charge in [0.1, 0.15) is 5.75 Å². The van der Waals surface area contributed by atoms with Gasteiger partial charge in [-0.05, 0) is 45.4 Å². The fraction of sp³-hybridized carbons (Fsp3) is 0.423. The number of hydrogen-bond acceptors (Lipinski definition) is 6. The third-order valence-electron chi connectivity index (χ3n) is 6.13. The molecule has 0 atom stereocenters. The maximum Gasteiger partial charge on any atom is 0.253 e. The second-order valence-corrected chi connectivity index (χ2v) is 10.8. The van der Waals surface area contributed by atoms with Gasteiger partial charge in [0.15, 0.2) is 5.13 Å². The van der Waals surface area contributed by atoms with Crippen molar-refractivity contribution in [1.29, 1.82) is 0 Å². The Morgan fingerprint density at radius 3 is 2.71 bits per heavy atom. The summed E-state index contributed by atoms with van der Waals surface area (Å²) in [6, 6.07) is 9.51. The highest BCUT2D eigenvalue weighted by Gasteiger charge is 2.37. The van der Waals surface area contributed by atoms with Gasteiger partial charge in [0.2, 0.25) is 5.91 Å². The van der Waals surface area contributed by atoms with Crippen LogP contribution in [0.2, 0.25) is 0 Å². The lowest BCUT2D eigenvalue weighted by atomic mass is 9.84. The molecule has 0 unspecified atom stereocenters. The molecule has 2 N–H and O–H groups in total. The Labute approximate surface area is 209 Å². The molecule has 1 fully saturated rings. The molecule has 1 aromatic carbocycles. The molecule has 2 aromatic heterocycles. The Hall–Kier alpha value is -3.17. The van der Waals surface area contributed by atoms with Crippen LogP contribution in [0.3, 0.4) is 0 Å². The number of nitrogens with zero attached hydrogens (tertiary/aromatic N) is 2. The van der Waals surface area contributed by atoms with E-state index < -0.39 is 0 Å². The van der Waals surface area contributed by atoms with Gasteiger partial charge < -0.3 is 24.7 Å². The van der Waals surface area contributed by atoms with Crippen LogP contribution in [0.25, 0.3) is 11.3 Å². The third-order valence-corrected chi connectivity index (χ3v) is 6.89. The molecular weight excluding hydrogens is 464 g/mol. The lowest BCUT2D eigenvalue weighted by Gasteiger charge is -2.40. The smallest absolute Gasteiger partial charge is 0.253 e. The Kier molecular flexibility index (Phi) is 7.28. The van der Waals surface area contributed by atoms with E-state index in [1.54, 1.807) is 12.3 Å². The van der Waals surface area contributed by atoms with E-state index in [-0.39, 0.29) is 29.3 Å². The maximum absolute atomic E-state index is 12.4. The Morgan fingerprint density at radius 2 is 2.06 bits per heavy atom. The Bertz CT molecular complexity index is 1180. The van der Waals surface area contributed by atoms with Gasteiger partial charge in [-0.15, -0.1) is 11.3 Å². The molecule has 1 saturated heterocycles. The van der Waals surface area contributed by atoms with Crippen LogP contribution in [0.15, 0.2) is 48.1 Å². The van der Waals surface area contributed by atoms with Crippen molar-refractivity contribution in [1.82, 2.24) is 14.9 Å². The van der Waals surface area contributed by atoms with Gasteiger partial charge in [0, 0.05) is 28.9 Å². The highest BCUT2D eigenvalue weighted by Crippen LogP contribution is 2.33. The van der Waals surface area contributed by atoms with Crippen LogP contribution < -0.4 is 15.4 Å². The van der Waals surface area contributed by atoms with Crippen molar-refractivity contribution >= 4 is 28.3 Å². The van der Waals surface area contributed by atoms with Crippen molar-refractivity contribution in [3.05, 3.63) is 53.7 Å². The number of hydrogen-bond donors (Lipinski definition) is 2. The van der Waals surface area contributed by atoms with Crippen LogP contribution in [0, 0.1) is 5.41 Å². The summed E-state index contributed by atoms with van der Waals surface area (Å²) < 4.78 is 13.4. The first-order valence-corrected chi connectivity index (χ1v) is 12.6. The first-order chi connectivity index (χ1) is 16.7.